The fourth-order valence-electron chi connectivity index (χ4n) is 3.15. The largest absolute Gasteiger partial charge is 0.496 e. The van der Waals surface area contributed by atoms with Gasteiger partial charge in [-0.2, -0.15) is 12.7 Å². The highest BCUT2D eigenvalue weighted by atomic mass is 32.2. The van der Waals surface area contributed by atoms with Crippen LogP contribution in [-0.4, -0.2) is 49.8 Å². The van der Waals surface area contributed by atoms with Crippen LogP contribution in [0.4, 0.5) is 0 Å². The van der Waals surface area contributed by atoms with Crippen LogP contribution in [0.2, 0.25) is 0 Å². The van der Waals surface area contributed by atoms with E-state index >= 15 is 0 Å². The molecule has 0 aliphatic carbocycles. The molecule has 0 radical (unpaired) electrons. The van der Waals surface area contributed by atoms with Gasteiger partial charge in [-0.3, -0.25) is 0 Å². The van der Waals surface area contributed by atoms with E-state index in [4.69, 9.17) is 9.47 Å². The number of carbonyl (C=O) groups excluding carboxylic acids is 1. The number of aliphatic imine (C=N–C) groups is 1. The second-order valence-electron chi connectivity index (χ2n) is 6.72. The monoisotopic (exact) mass is 425 g/mol. The molecule has 1 aliphatic rings. The molecule has 3 aromatic rings. The number of cyclic esters (lactones) is 1. The van der Waals surface area contributed by atoms with Gasteiger partial charge in [0.25, 0.3) is 0 Å². The summed E-state index contributed by atoms with van der Waals surface area (Å²) in [4.78, 5) is 16.7. The number of nitrogens with zero attached hydrogens (tertiary/aromatic N) is 3. The van der Waals surface area contributed by atoms with Gasteiger partial charge in [-0.15, -0.1) is 0 Å². The Kier molecular flexibility index (Phi) is 4.92. The lowest BCUT2D eigenvalue weighted by atomic mass is 10.1. The van der Waals surface area contributed by atoms with Crippen LogP contribution in [0.3, 0.4) is 0 Å². The number of para-hydroxylation sites is 2. The van der Waals surface area contributed by atoms with E-state index in [1.165, 1.54) is 37.5 Å². The molecule has 2 heterocycles. The van der Waals surface area contributed by atoms with Crippen molar-refractivity contribution in [2.45, 2.75) is 0 Å². The number of methoxy groups -OCH3 is 1. The Bertz CT molecular complexity index is 1320. The first kappa shape index (κ1) is 19.9. The van der Waals surface area contributed by atoms with Gasteiger partial charge in [0, 0.05) is 31.2 Å². The van der Waals surface area contributed by atoms with Crippen LogP contribution in [0.5, 0.6) is 5.75 Å². The number of benzene rings is 2. The summed E-state index contributed by atoms with van der Waals surface area (Å²) in [5.41, 5.74) is 1.65. The van der Waals surface area contributed by atoms with Gasteiger partial charge in [0.15, 0.2) is 5.70 Å². The molecule has 1 aliphatic heterocycles. The number of ether oxygens (including phenoxy) is 2. The molecule has 1 aromatic heterocycles. The van der Waals surface area contributed by atoms with E-state index in [1.807, 2.05) is 0 Å². The summed E-state index contributed by atoms with van der Waals surface area (Å²) in [6, 6.07) is 14.1. The molecular weight excluding hydrogens is 406 g/mol. The van der Waals surface area contributed by atoms with Crippen molar-refractivity contribution in [2.24, 2.45) is 4.99 Å². The highest BCUT2D eigenvalue weighted by Crippen LogP contribution is 2.29. The Labute approximate surface area is 173 Å². The van der Waals surface area contributed by atoms with Crippen molar-refractivity contribution in [1.82, 2.24) is 8.28 Å². The number of hydrogen-bond donors (Lipinski definition) is 0. The van der Waals surface area contributed by atoms with E-state index in [2.05, 4.69) is 4.99 Å². The summed E-state index contributed by atoms with van der Waals surface area (Å²) < 4.78 is 38.3. The Morgan fingerprint density at radius 1 is 1.10 bits per heavy atom. The molecule has 0 amide bonds. The zero-order valence-corrected chi connectivity index (χ0v) is 17.4. The van der Waals surface area contributed by atoms with Gasteiger partial charge in [0.1, 0.15) is 5.75 Å². The summed E-state index contributed by atoms with van der Waals surface area (Å²) in [5.74, 6) is 0.0375. The van der Waals surface area contributed by atoms with Gasteiger partial charge < -0.3 is 9.47 Å². The third-order valence-electron chi connectivity index (χ3n) is 4.67. The van der Waals surface area contributed by atoms with E-state index < -0.39 is 16.2 Å². The van der Waals surface area contributed by atoms with Crippen LogP contribution in [0.1, 0.15) is 11.1 Å². The fourth-order valence-corrected chi connectivity index (χ4v) is 4.16. The zero-order chi connectivity index (χ0) is 21.5. The smallest absolute Gasteiger partial charge is 0.363 e. The van der Waals surface area contributed by atoms with Gasteiger partial charge in [-0.05, 0) is 24.3 Å². The quantitative estimate of drug-likeness (QED) is 0.463. The Morgan fingerprint density at radius 2 is 1.80 bits per heavy atom. The molecule has 8 nitrogen and oxygen atoms in total. The maximum atomic E-state index is 12.7. The van der Waals surface area contributed by atoms with Gasteiger partial charge in [-0.25, -0.2) is 13.8 Å². The molecule has 4 rings (SSSR count). The fraction of sp³-hybridized carbons (Fsp3) is 0.143. The van der Waals surface area contributed by atoms with Crippen molar-refractivity contribution >= 4 is 39.1 Å². The molecule has 154 valence electrons. The molecule has 0 spiro atoms. The van der Waals surface area contributed by atoms with Crippen molar-refractivity contribution in [3.05, 3.63) is 71.6 Å². The molecule has 0 bridgehead atoms. The first-order chi connectivity index (χ1) is 14.3. The first-order valence-corrected chi connectivity index (χ1v) is 10.4. The topological polar surface area (TPSA) is 90.2 Å². The highest BCUT2D eigenvalue weighted by molar-refractivity contribution is 7.87. The van der Waals surface area contributed by atoms with Crippen LogP contribution in [0.15, 0.2) is 65.4 Å². The average molecular weight is 425 g/mol. The van der Waals surface area contributed by atoms with Gasteiger partial charge in [0.05, 0.1) is 18.2 Å². The summed E-state index contributed by atoms with van der Waals surface area (Å²) in [6.07, 6.45) is 2.99. The molecule has 0 saturated carbocycles. The van der Waals surface area contributed by atoms with Crippen LogP contribution in [0.25, 0.3) is 17.0 Å². The zero-order valence-electron chi connectivity index (χ0n) is 16.6. The van der Waals surface area contributed by atoms with E-state index in [1.54, 1.807) is 48.5 Å². The third kappa shape index (κ3) is 3.27. The molecule has 0 saturated heterocycles. The lowest BCUT2D eigenvalue weighted by Gasteiger charge is -2.12. The van der Waals surface area contributed by atoms with Crippen molar-refractivity contribution in [3.63, 3.8) is 0 Å². The predicted octanol–water partition coefficient (Wildman–Crippen LogP) is 2.65. The van der Waals surface area contributed by atoms with Crippen molar-refractivity contribution in [3.8, 4) is 5.75 Å². The average Bonchev–Trinajstić information content (AvgIpc) is 3.29. The van der Waals surface area contributed by atoms with E-state index in [0.29, 0.717) is 27.8 Å². The van der Waals surface area contributed by atoms with Gasteiger partial charge in [-0.1, -0.05) is 30.3 Å². The van der Waals surface area contributed by atoms with Crippen LogP contribution < -0.4 is 4.74 Å². The number of fused-ring (bicyclic) bond motifs is 1. The molecule has 2 aromatic carbocycles. The normalized spacial score (nSPS) is 15.7. The van der Waals surface area contributed by atoms with Gasteiger partial charge in [0.2, 0.25) is 5.90 Å². The summed E-state index contributed by atoms with van der Waals surface area (Å²) in [5, 5.41) is 0.671. The summed E-state index contributed by atoms with van der Waals surface area (Å²) in [6.45, 7) is 0. The SMILES string of the molecule is COc1ccccc1C1=N/C(=C\c2cn(S(=O)(=O)N(C)C)c3ccccc23)C(=O)O1. The van der Waals surface area contributed by atoms with E-state index in [0.717, 1.165) is 4.31 Å². The second-order valence-corrected chi connectivity index (χ2v) is 8.74. The second kappa shape index (κ2) is 7.43. The minimum atomic E-state index is -3.74. The van der Waals surface area contributed by atoms with Crippen molar-refractivity contribution in [2.75, 3.05) is 21.2 Å². The minimum absolute atomic E-state index is 0.0704. The van der Waals surface area contributed by atoms with Crippen molar-refractivity contribution < 1.29 is 22.7 Å². The lowest BCUT2D eigenvalue weighted by molar-refractivity contribution is -0.129. The molecule has 0 unspecified atom stereocenters. The van der Waals surface area contributed by atoms with Crippen LogP contribution in [-0.2, 0) is 19.7 Å². The van der Waals surface area contributed by atoms with Crippen LogP contribution >= 0.6 is 0 Å². The molecule has 9 heteroatoms. The molecule has 0 N–H and O–H groups in total. The maximum Gasteiger partial charge on any atom is 0.363 e. The van der Waals surface area contributed by atoms with E-state index in [-0.39, 0.29) is 11.6 Å². The maximum absolute atomic E-state index is 12.7. The van der Waals surface area contributed by atoms with Crippen molar-refractivity contribution in [1.29, 1.82) is 0 Å². The van der Waals surface area contributed by atoms with E-state index in [9.17, 15) is 13.2 Å². The lowest BCUT2D eigenvalue weighted by Crippen LogP contribution is -2.28. The number of rotatable bonds is 5. The number of hydrogen-bond acceptors (Lipinski definition) is 6. The first-order valence-electron chi connectivity index (χ1n) is 9.02. The minimum Gasteiger partial charge on any atom is -0.496 e. The Balaban J connectivity index is 1.84. The Hall–Kier alpha value is -3.43. The molecule has 0 atom stereocenters. The number of carbonyl (C=O) groups is 1. The van der Waals surface area contributed by atoms with Crippen LogP contribution in [0, 0.1) is 0 Å². The molecular formula is C21H19N3O5S. The molecule has 30 heavy (non-hydrogen) atoms. The number of aromatic nitrogens is 1. The summed E-state index contributed by atoms with van der Waals surface area (Å²) in [7, 11) is 0.698. The Morgan fingerprint density at radius 3 is 2.53 bits per heavy atom. The number of esters is 1. The third-order valence-corrected chi connectivity index (χ3v) is 6.39. The predicted molar refractivity (Wildman–Crippen MR) is 114 cm³/mol. The summed E-state index contributed by atoms with van der Waals surface area (Å²) >= 11 is 0. The molecule has 0 fully saturated rings. The standard InChI is InChI=1S/C21H19N3O5S/c1-23(2)30(26,27)24-13-14(15-8-4-6-10-18(15)24)12-17-21(25)29-20(22-17)16-9-5-7-11-19(16)28-3/h4-13H,1-3H3/b17-12-. The van der Waals surface area contributed by atoms with Gasteiger partial charge >= 0.3 is 16.2 Å². The highest BCUT2D eigenvalue weighted by Gasteiger charge is 2.27.